The van der Waals surface area contributed by atoms with Crippen LogP contribution in [-0.2, 0) is 9.59 Å². The molecule has 0 aromatic heterocycles. The molecule has 0 aliphatic rings. The highest BCUT2D eigenvalue weighted by atomic mass is 19.1. The maximum atomic E-state index is 12.8. The summed E-state index contributed by atoms with van der Waals surface area (Å²) in [6, 6.07) is 0. The van der Waals surface area contributed by atoms with Crippen LogP contribution in [0.2, 0.25) is 0 Å². The molecule has 0 saturated carbocycles. The Hall–Kier alpha value is -1.13. The number of carbonyl (C=O) groups is 2. The van der Waals surface area contributed by atoms with Crippen molar-refractivity contribution in [3.63, 3.8) is 0 Å². The first-order valence-electron chi connectivity index (χ1n) is 5.14. The summed E-state index contributed by atoms with van der Waals surface area (Å²) in [5.74, 6) is -1.34. The van der Waals surface area contributed by atoms with Crippen LogP contribution in [0, 0.1) is 0 Å². The van der Waals surface area contributed by atoms with E-state index in [9.17, 15) is 14.0 Å². The van der Waals surface area contributed by atoms with Crippen LogP contribution in [0.25, 0.3) is 0 Å². The Bertz CT molecular complexity index is 221. The van der Waals surface area contributed by atoms with Crippen LogP contribution in [0.3, 0.4) is 0 Å². The molecular formula is C10H18FNO3. The summed E-state index contributed by atoms with van der Waals surface area (Å²) in [4.78, 5) is 23.0. The third kappa shape index (κ3) is 6.04. The molecule has 88 valence electrons. The lowest BCUT2D eigenvalue weighted by atomic mass is 10.1. The molecule has 0 aliphatic heterocycles. The fourth-order valence-corrected chi connectivity index (χ4v) is 1.18. The van der Waals surface area contributed by atoms with Gasteiger partial charge >= 0.3 is 5.97 Å². The van der Waals surface area contributed by atoms with Gasteiger partial charge in [-0.25, -0.2) is 4.39 Å². The Kier molecular flexibility index (Phi) is 6.66. The molecule has 0 rings (SSSR count). The average Bonchev–Trinajstić information content (AvgIpc) is 2.21. The SMILES string of the molecule is CCC(F)CCC(=O)N(CC)CC(=O)O. The van der Waals surface area contributed by atoms with Crippen molar-refractivity contribution in [2.75, 3.05) is 13.1 Å². The second kappa shape index (κ2) is 7.20. The third-order valence-corrected chi connectivity index (χ3v) is 2.17. The Morgan fingerprint density at radius 3 is 2.40 bits per heavy atom. The molecular weight excluding hydrogens is 201 g/mol. The van der Waals surface area contributed by atoms with Crippen LogP contribution in [0.5, 0.6) is 0 Å². The van der Waals surface area contributed by atoms with Crippen molar-refractivity contribution in [1.82, 2.24) is 4.90 Å². The molecule has 1 amide bonds. The number of hydrogen-bond donors (Lipinski definition) is 1. The van der Waals surface area contributed by atoms with Gasteiger partial charge in [-0.1, -0.05) is 6.92 Å². The number of rotatable bonds is 7. The van der Waals surface area contributed by atoms with Gasteiger partial charge in [0.05, 0.1) is 0 Å². The first-order chi connectivity index (χ1) is 7.01. The predicted octanol–water partition coefficient (Wildman–Crippen LogP) is 1.45. The molecule has 15 heavy (non-hydrogen) atoms. The van der Waals surface area contributed by atoms with E-state index in [2.05, 4.69) is 0 Å². The molecule has 0 aromatic rings. The summed E-state index contributed by atoms with van der Waals surface area (Å²) < 4.78 is 12.8. The minimum absolute atomic E-state index is 0.0795. The summed E-state index contributed by atoms with van der Waals surface area (Å²) in [5, 5.41) is 8.52. The summed E-state index contributed by atoms with van der Waals surface area (Å²) >= 11 is 0. The number of carboxylic acid groups (broad SMARTS) is 1. The molecule has 1 unspecified atom stereocenters. The fourth-order valence-electron chi connectivity index (χ4n) is 1.18. The van der Waals surface area contributed by atoms with E-state index in [1.54, 1.807) is 13.8 Å². The molecule has 0 aromatic carbocycles. The number of amides is 1. The number of halogens is 1. The van der Waals surface area contributed by atoms with E-state index in [1.807, 2.05) is 0 Å². The number of carboxylic acids is 1. The van der Waals surface area contributed by atoms with Crippen molar-refractivity contribution in [3.8, 4) is 0 Å². The molecule has 1 N–H and O–H groups in total. The van der Waals surface area contributed by atoms with Crippen molar-refractivity contribution >= 4 is 11.9 Å². The van der Waals surface area contributed by atoms with E-state index in [0.29, 0.717) is 13.0 Å². The molecule has 0 aliphatic carbocycles. The lowest BCUT2D eigenvalue weighted by Gasteiger charge is -2.18. The molecule has 0 spiro atoms. The summed E-state index contributed by atoms with van der Waals surface area (Å²) in [7, 11) is 0. The van der Waals surface area contributed by atoms with Gasteiger partial charge in [0.1, 0.15) is 12.7 Å². The van der Waals surface area contributed by atoms with E-state index in [1.165, 1.54) is 4.90 Å². The van der Waals surface area contributed by atoms with Gasteiger partial charge in [-0.3, -0.25) is 9.59 Å². The van der Waals surface area contributed by atoms with E-state index < -0.39 is 12.1 Å². The Morgan fingerprint density at radius 2 is 2.00 bits per heavy atom. The number of nitrogens with zero attached hydrogens (tertiary/aromatic N) is 1. The van der Waals surface area contributed by atoms with Crippen molar-refractivity contribution in [3.05, 3.63) is 0 Å². The number of likely N-dealkylation sites (N-methyl/N-ethyl adjacent to an activating group) is 1. The van der Waals surface area contributed by atoms with Crippen molar-refractivity contribution in [2.24, 2.45) is 0 Å². The van der Waals surface area contributed by atoms with Crippen LogP contribution in [0.15, 0.2) is 0 Å². The zero-order valence-corrected chi connectivity index (χ0v) is 9.20. The summed E-state index contributed by atoms with van der Waals surface area (Å²) in [6.07, 6.45) is -0.336. The number of carbonyl (C=O) groups excluding carboxylic acids is 1. The topological polar surface area (TPSA) is 57.6 Å². The largest absolute Gasteiger partial charge is 0.480 e. The molecule has 5 heteroatoms. The highest BCUT2D eigenvalue weighted by Crippen LogP contribution is 2.07. The first-order valence-corrected chi connectivity index (χ1v) is 5.14. The zero-order valence-electron chi connectivity index (χ0n) is 9.20. The predicted molar refractivity (Wildman–Crippen MR) is 54.3 cm³/mol. The van der Waals surface area contributed by atoms with Crippen LogP contribution in [0.4, 0.5) is 4.39 Å². The Morgan fingerprint density at radius 1 is 1.40 bits per heavy atom. The number of alkyl halides is 1. The molecule has 4 nitrogen and oxygen atoms in total. The van der Waals surface area contributed by atoms with Crippen molar-refractivity contribution < 1.29 is 19.1 Å². The lowest BCUT2D eigenvalue weighted by Crippen LogP contribution is -2.35. The van der Waals surface area contributed by atoms with Gasteiger partial charge in [-0.05, 0) is 19.8 Å². The Labute approximate surface area is 89.1 Å². The lowest BCUT2D eigenvalue weighted by molar-refractivity contribution is -0.144. The molecule has 1 atom stereocenters. The van der Waals surface area contributed by atoms with Gasteiger partial charge < -0.3 is 10.0 Å². The molecule has 0 fully saturated rings. The summed E-state index contributed by atoms with van der Waals surface area (Å²) in [6.45, 7) is 3.45. The van der Waals surface area contributed by atoms with Crippen molar-refractivity contribution in [2.45, 2.75) is 39.3 Å². The number of aliphatic carboxylic acids is 1. The van der Waals surface area contributed by atoms with E-state index >= 15 is 0 Å². The first kappa shape index (κ1) is 13.9. The highest BCUT2D eigenvalue weighted by Gasteiger charge is 2.16. The maximum Gasteiger partial charge on any atom is 0.323 e. The minimum Gasteiger partial charge on any atom is -0.480 e. The zero-order chi connectivity index (χ0) is 11.8. The van der Waals surface area contributed by atoms with Gasteiger partial charge in [0, 0.05) is 13.0 Å². The average molecular weight is 219 g/mol. The second-order valence-electron chi connectivity index (χ2n) is 3.35. The molecule has 0 bridgehead atoms. The van der Waals surface area contributed by atoms with Gasteiger partial charge in [0.15, 0.2) is 0 Å². The van der Waals surface area contributed by atoms with Crippen LogP contribution in [-0.4, -0.2) is 41.1 Å². The molecule has 0 radical (unpaired) electrons. The Balaban J connectivity index is 3.99. The normalized spacial score (nSPS) is 12.2. The quantitative estimate of drug-likeness (QED) is 0.705. The van der Waals surface area contributed by atoms with E-state index in [-0.39, 0.29) is 25.3 Å². The van der Waals surface area contributed by atoms with E-state index in [0.717, 1.165) is 0 Å². The second-order valence-corrected chi connectivity index (χ2v) is 3.35. The minimum atomic E-state index is -1.04. The third-order valence-electron chi connectivity index (χ3n) is 2.17. The fraction of sp³-hybridized carbons (Fsp3) is 0.800. The smallest absolute Gasteiger partial charge is 0.323 e. The van der Waals surface area contributed by atoms with E-state index in [4.69, 9.17) is 5.11 Å². The van der Waals surface area contributed by atoms with Crippen molar-refractivity contribution in [1.29, 1.82) is 0 Å². The standard InChI is InChI=1S/C10H18FNO3/c1-3-8(11)5-6-9(13)12(4-2)7-10(14)15/h8H,3-7H2,1-2H3,(H,14,15). The molecule has 0 heterocycles. The molecule has 0 saturated heterocycles. The monoisotopic (exact) mass is 219 g/mol. The van der Waals surface area contributed by atoms with Crippen LogP contribution < -0.4 is 0 Å². The summed E-state index contributed by atoms with van der Waals surface area (Å²) in [5.41, 5.74) is 0. The van der Waals surface area contributed by atoms with Gasteiger partial charge in [-0.15, -0.1) is 0 Å². The highest BCUT2D eigenvalue weighted by molar-refractivity contribution is 5.81. The number of hydrogen-bond acceptors (Lipinski definition) is 2. The van der Waals surface area contributed by atoms with Gasteiger partial charge in [0.25, 0.3) is 0 Å². The van der Waals surface area contributed by atoms with Crippen LogP contribution in [0.1, 0.15) is 33.1 Å². The van der Waals surface area contributed by atoms with Gasteiger partial charge in [0.2, 0.25) is 5.91 Å². The van der Waals surface area contributed by atoms with Crippen LogP contribution >= 0.6 is 0 Å². The maximum absolute atomic E-state index is 12.8. The van der Waals surface area contributed by atoms with Gasteiger partial charge in [-0.2, -0.15) is 0 Å².